The summed E-state index contributed by atoms with van der Waals surface area (Å²) in [4.78, 5) is 24.9. The van der Waals surface area contributed by atoms with Crippen LogP contribution >= 0.6 is 0 Å². The van der Waals surface area contributed by atoms with Gasteiger partial charge in [0, 0.05) is 12.6 Å². The van der Waals surface area contributed by atoms with E-state index in [-0.39, 0.29) is 18.1 Å². The number of ether oxygens (including phenoxy) is 1. The molecule has 1 aliphatic heterocycles. The molecule has 1 rings (SSSR count). The van der Waals surface area contributed by atoms with Crippen molar-refractivity contribution >= 4 is 21.7 Å². The third kappa shape index (κ3) is 3.90. The first kappa shape index (κ1) is 15.9. The summed E-state index contributed by atoms with van der Waals surface area (Å²) < 4.78 is 27.6. The highest BCUT2D eigenvalue weighted by Crippen LogP contribution is 2.18. The average Bonchev–Trinajstić information content (AvgIpc) is 2.69. The van der Waals surface area contributed by atoms with E-state index in [4.69, 9.17) is 10.5 Å². The zero-order chi connectivity index (χ0) is 14.6. The molecule has 0 aromatic heterocycles. The van der Waals surface area contributed by atoms with Gasteiger partial charge in [-0.15, -0.1) is 0 Å². The molecular weight excluding hydrogens is 272 g/mol. The topological polar surface area (TPSA) is 107 Å². The number of rotatable bonds is 5. The number of hydrogen-bond acceptors (Lipinski definition) is 6. The van der Waals surface area contributed by atoms with Crippen molar-refractivity contribution in [3.63, 3.8) is 0 Å². The van der Waals surface area contributed by atoms with Gasteiger partial charge in [-0.25, -0.2) is 13.2 Å². The van der Waals surface area contributed by atoms with Gasteiger partial charge in [0.25, 0.3) is 5.91 Å². The fraction of sp³-hybridized carbons (Fsp3) is 0.818. The van der Waals surface area contributed by atoms with E-state index in [9.17, 15) is 18.0 Å². The molecule has 1 saturated heterocycles. The summed E-state index contributed by atoms with van der Waals surface area (Å²) in [6, 6.07) is -1.79. The van der Waals surface area contributed by atoms with Crippen LogP contribution in [0.1, 0.15) is 20.3 Å². The second-order valence-corrected chi connectivity index (χ2v) is 6.64. The Balaban J connectivity index is 2.75. The summed E-state index contributed by atoms with van der Waals surface area (Å²) in [6.07, 6.45) is 0.386. The normalized spacial score (nSPS) is 22.8. The standard InChI is InChI=1S/C11H20N2O5S/c1-3-13(8-5-6-19(16,17)7-8)10(14)9(12)11(15)18-4-2/h8-9H,3-7,12H2,1-2H3. The van der Waals surface area contributed by atoms with Crippen LogP contribution < -0.4 is 5.73 Å². The Kier molecular flexibility index (Phi) is 5.30. The van der Waals surface area contributed by atoms with Crippen LogP contribution in [-0.2, 0) is 24.2 Å². The van der Waals surface area contributed by atoms with Crippen LogP contribution in [0, 0.1) is 0 Å². The van der Waals surface area contributed by atoms with Crippen LogP contribution in [0.15, 0.2) is 0 Å². The average molecular weight is 292 g/mol. The van der Waals surface area contributed by atoms with Crippen molar-refractivity contribution in [2.24, 2.45) is 5.73 Å². The number of nitrogens with zero attached hydrogens (tertiary/aromatic N) is 1. The van der Waals surface area contributed by atoms with E-state index in [1.165, 1.54) is 4.90 Å². The molecule has 1 heterocycles. The number of carbonyl (C=O) groups excluding carboxylic acids is 2. The first-order valence-electron chi connectivity index (χ1n) is 6.25. The Morgan fingerprint density at radius 1 is 1.42 bits per heavy atom. The van der Waals surface area contributed by atoms with Crippen molar-refractivity contribution in [1.29, 1.82) is 0 Å². The molecule has 0 saturated carbocycles. The quantitative estimate of drug-likeness (QED) is 0.510. The van der Waals surface area contributed by atoms with E-state index in [1.54, 1.807) is 13.8 Å². The molecule has 0 spiro atoms. The number of hydrogen-bond donors (Lipinski definition) is 1. The monoisotopic (exact) mass is 292 g/mol. The summed E-state index contributed by atoms with van der Waals surface area (Å²) >= 11 is 0. The van der Waals surface area contributed by atoms with E-state index in [2.05, 4.69) is 0 Å². The van der Waals surface area contributed by atoms with Gasteiger partial charge in [-0.2, -0.15) is 0 Å². The number of carbonyl (C=O) groups is 2. The molecule has 7 nitrogen and oxygen atoms in total. The first-order valence-corrected chi connectivity index (χ1v) is 8.07. The minimum atomic E-state index is -3.09. The molecule has 1 aliphatic rings. The van der Waals surface area contributed by atoms with Gasteiger partial charge in [0.05, 0.1) is 18.1 Å². The molecule has 1 amide bonds. The molecule has 8 heteroatoms. The lowest BCUT2D eigenvalue weighted by Gasteiger charge is -2.28. The Hall–Kier alpha value is -1.15. The molecule has 0 bridgehead atoms. The number of nitrogens with two attached hydrogens (primary N) is 1. The predicted molar refractivity (Wildman–Crippen MR) is 69.1 cm³/mol. The summed E-state index contributed by atoms with van der Waals surface area (Å²) in [7, 11) is -3.09. The second kappa shape index (κ2) is 6.33. The molecule has 0 radical (unpaired) electrons. The first-order chi connectivity index (χ1) is 8.82. The van der Waals surface area contributed by atoms with Crippen molar-refractivity contribution in [3.8, 4) is 0 Å². The lowest BCUT2D eigenvalue weighted by atomic mass is 10.2. The van der Waals surface area contributed by atoms with Gasteiger partial charge in [-0.05, 0) is 20.3 Å². The van der Waals surface area contributed by atoms with E-state index in [0.29, 0.717) is 13.0 Å². The van der Waals surface area contributed by atoms with Crippen LogP contribution in [0.5, 0.6) is 0 Å². The zero-order valence-corrected chi connectivity index (χ0v) is 12.0. The molecule has 2 unspecified atom stereocenters. The van der Waals surface area contributed by atoms with Gasteiger partial charge < -0.3 is 15.4 Å². The lowest BCUT2D eigenvalue weighted by Crippen LogP contribution is -2.52. The maximum absolute atomic E-state index is 12.1. The molecule has 0 aliphatic carbocycles. The second-order valence-electron chi connectivity index (χ2n) is 4.41. The molecule has 0 aromatic rings. The van der Waals surface area contributed by atoms with E-state index in [0.717, 1.165) is 0 Å². The largest absolute Gasteiger partial charge is 0.464 e. The Bertz CT molecular complexity index is 448. The van der Waals surface area contributed by atoms with Crippen LogP contribution in [-0.4, -0.2) is 61.9 Å². The summed E-state index contributed by atoms with van der Waals surface area (Å²) in [5, 5.41) is 0. The van der Waals surface area contributed by atoms with Gasteiger partial charge in [0.1, 0.15) is 0 Å². The fourth-order valence-electron chi connectivity index (χ4n) is 2.13. The molecule has 1 fully saturated rings. The minimum Gasteiger partial charge on any atom is -0.464 e. The van der Waals surface area contributed by atoms with E-state index < -0.39 is 33.8 Å². The smallest absolute Gasteiger partial charge is 0.332 e. The summed E-state index contributed by atoms with van der Waals surface area (Å²) in [5.41, 5.74) is 5.54. The highest BCUT2D eigenvalue weighted by Gasteiger charge is 2.37. The number of likely N-dealkylation sites (N-methyl/N-ethyl adjacent to an activating group) is 1. The van der Waals surface area contributed by atoms with Crippen molar-refractivity contribution in [2.75, 3.05) is 24.7 Å². The number of esters is 1. The van der Waals surface area contributed by atoms with Gasteiger partial charge in [-0.3, -0.25) is 4.79 Å². The summed E-state index contributed by atoms with van der Waals surface area (Å²) in [5.74, 6) is -1.37. The maximum atomic E-state index is 12.1. The molecule has 2 N–H and O–H groups in total. The van der Waals surface area contributed by atoms with Crippen LogP contribution in [0.3, 0.4) is 0 Å². The van der Waals surface area contributed by atoms with Crippen LogP contribution in [0.4, 0.5) is 0 Å². The van der Waals surface area contributed by atoms with Crippen molar-refractivity contribution in [3.05, 3.63) is 0 Å². The number of amides is 1. The van der Waals surface area contributed by atoms with Crippen LogP contribution in [0.2, 0.25) is 0 Å². The molecule has 110 valence electrons. The highest BCUT2D eigenvalue weighted by molar-refractivity contribution is 7.91. The predicted octanol–water partition coefficient (Wildman–Crippen LogP) is -1.09. The lowest BCUT2D eigenvalue weighted by molar-refractivity contribution is -0.151. The molecule has 19 heavy (non-hydrogen) atoms. The molecule has 0 aromatic carbocycles. The van der Waals surface area contributed by atoms with Crippen LogP contribution in [0.25, 0.3) is 0 Å². The Morgan fingerprint density at radius 3 is 2.47 bits per heavy atom. The third-order valence-corrected chi connectivity index (χ3v) is 4.83. The fourth-order valence-corrected chi connectivity index (χ4v) is 3.86. The highest BCUT2D eigenvalue weighted by atomic mass is 32.2. The molecule has 2 atom stereocenters. The summed E-state index contributed by atoms with van der Waals surface area (Å²) in [6.45, 7) is 3.80. The SMILES string of the molecule is CCOC(=O)C(N)C(=O)N(CC)C1CCS(=O)(=O)C1. The zero-order valence-electron chi connectivity index (χ0n) is 11.2. The van der Waals surface area contributed by atoms with Gasteiger partial charge in [0.15, 0.2) is 15.9 Å². The van der Waals surface area contributed by atoms with E-state index >= 15 is 0 Å². The van der Waals surface area contributed by atoms with Crippen molar-refractivity contribution < 1.29 is 22.7 Å². The van der Waals surface area contributed by atoms with Gasteiger partial charge >= 0.3 is 5.97 Å². The third-order valence-electron chi connectivity index (χ3n) is 3.08. The van der Waals surface area contributed by atoms with Crippen molar-refractivity contribution in [1.82, 2.24) is 4.90 Å². The maximum Gasteiger partial charge on any atom is 0.332 e. The molecular formula is C11H20N2O5S. The Morgan fingerprint density at radius 2 is 2.05 bits per heavy atom. The van der Waals surface area contributed by atoms with Gasteiger partial charge in [-0.1, -0.05) is 0 Å². The Labute approximate surface area is 113 Å². The van der Waals surface area contributed by atoms with E-state index in [1.807, 2.05) is 0 Å². The van der Waals surface area contributed by atoms with Gasteiger partial charge in [0.2, 0.25) is 0 Å². The minimum absolute atomic E-state index is 0.0656. The van der Waals surface area contributed by atoms with Crippen molar-refractivity contribution in [2.45, 2.75) is 32.4 Å². The number of sulfone groups is 1.